The van der Waals surface area contributed by atoms with Gasteiger partial charge in [0.25, 0.3) is 0 Å². The number of rotatable bonds is 9. The van der Waals surface area contributed by atoms with Crippen molar-refractivity contribution in [3.63, 3.8) is 0 Å². The van der Waals surface area contributed by atoms with Crippen molar-refractivity contribution < 1.29 is 19.4 Å². The highest BCUT2D eigenvalue weighted by molar-refractivity contribution is 5.73. The first-order valence-electron chi connectivity index (χ1n) is 8.31. The van der Waals surface area contributed by atoms with Gasteiger partial charge in [-0.15, -0.1) is 0 Å². The van der Waals surface area contributed by atoms with Gasteiger partial charge in [0.1, 0.15) is 12.6 Å². The first kappa shape index (κ1) is 18.8. The third-order valence-corrected chi connectivity index (χ3v) is 3.92. The van der Waals surface area contributed by atoms with E-state index >= 15 is 0 Å². The maximum absolute atomic E-state index is 11.3. The van der Waals surface area contributed by atoms with Crippen molar-refractivity contribution in [2.24, 2.45) is 5.92 Å². The molecule has 0 fully saturated rings. The van der Waals surface area contributed by atoms with Crippen LogP contribution in [0.2, 0.25) is 0 Å². The van der Waals surface area contributed by atoms with Crippen LogP contribution < -0.4 is 14.8 Å². The predicted octanol–water partition coefficient (Wildman–Crippen LogP) is 3.47. The van der Waals surface area contributed by atoms with Gasteiger partial charge in [-0.1, -0.05) is 50.2 Å². The molecular formula is C20H25NO4. The Bertz CT molecular complexity index is 685. The number of carbonyl (C=O) groups is 1. The Balaban J connectivity index is 2.02. The first-order chi connectivity index (χ1) is 12.0. The van der Waals surface area contributed by atoms with E-state index in [1.807, 2.05) is 62.4 Å². The van der Waals surface area contributed by atoms with Crippen molar-refractivity contribution in [2.45, 2.75) is 33.0 Å². The van der Waals surface area contributed by atoms with E-state index in [0.29, 0.717) is 24.7 Å². The van der Waals surface area contributed by atoms with Gasteiger partial charge in [-0.25, -0.2) is 0 Å². The number of aliphatic carboxylic acids is 1. The Morgan fingerprint density at radius 2 is 1.80 bits per heavy atom. The summed E-state index contributed by atoms with van der Waals surface area (Å²) in [5.74, 6) is 0.457. The molecule has 0 amide bonds. The van der Waals surface area contributed by atoms with Crippen LogP contribution in [0, 0.1) is 5.92 Å². The number of hydrogen-bond acceptors (Lipinski definition) is 4. The van der Waals surface area contributed by atoms with Gasteiger partial charge in [-0.3, -0.25) is 4.79 Å². The van der Waals surface area contributed by atoms with Crippen molar-refractivity contribution in [3.05, 3.63) is 59.7 Å². The zero-order chi connectivity index (χ0) is 18.2. The summed E-state index contributed by atoms with van der Waals surface area (Å²) in [4.78, 5) is 11.3. The average molecular weight is 343 g/mol. The Hall–Kier alpha value is -2.53. The molecule has 5 heteroatoms. The lowest BCUT2D eigenvalue weighted by Gasteiger charge is -2.18. The molecule has 0 heterocycles. The van der Waals surface area contributed by atoms with Crippen molar-refractivity contribution in [1.29, 1.82) is 0 Å². The summed E-state index contributed by atoms with van der Waals surface area (Å²) in [6, 6.07) is 15.0. The number of ether oxygens (including phenoxy) is 2. The maximum atomic E-state index is 11.3. The van der Waals surface area contributed by atoms with Gasteiger partial charge in [0.15, 0.2) is 11.5 Å². The fraction of sp³-hybridized carbons (Fsp3) is 0.350. The second kappa shape index (κ2) is 9.08. The molecule has 0 aliphatic heterocycles. The highest BCUT2D eigenvalue weighted by Crippen LogP contribution is 2.29. The standard InChI is InChI=1S/C20H25NO4/c1-14(2)19(20(22)23)21-12-16-9-10-17(18(11-16)24-3)25-13-15-7-5-4-6-8-15/h4-11,14,19,21H,12-13H2,1-3H3,(H,22,23)/t19-/m0/s1. The summed E-state index contributed by atoms with van der Waals surface area (Å²) in [6.07, 6.45) is 0. The van der Waals surface area contributed by atoms with Gasteiger partial charge in [-0.2, -0.15) is 0 Å². The van der Waals surface area contributed by atoms with E-state index in [-0.39, 0.29) is 5.92 Å². The summed E-state index contributed by atoms with van der Waals surface area (Å²) < 4.78 is 11.2. The molecule has 25 heavy (non-hydrogen) atoms. The summed E-state index contributed by atoms with van der Waals surface area (Å²) >= 11 is 0. The van der Waals surface area contributed by atoms with Crippen LogP contribution in [-0.4, -0.2) is 24.2 Å². The van der Waals surface area contributed by atoms with Gasteiger partial charge < -0.3 is 19.9 Å². The molecule has 2 aromatic carbocycles. The van der Waals surface area contributed by atoms with Crippen LogP contribution in [-0.2, 0) is 17.9 Å². The Kier molecular flexibility index (Phi) is 6.83. The van der Waals surface area contributed by atoms with Crippen LogP contribution in [0.25, 0.3) is 0 Å². The lowest BCUT2D eigenvalue weighted by Crippen LogP contribution is -2.40. The Morgan fingerprint density at radius 3 is 2.40 bits per heavy atom. The molecule has 0 aromatic heterocycles. The van der Waals surface area contributed by atoms with Crippen molar-refractivity contribution in [2.75, 3.05) is 7.11 Å². The van der Waals surface area contributed by atoms with Crippen LogP contribution in [0.3, 0.4) is 0 Å². The topological polar surface area (TPSA) is 67.8 Å². The van der Waals surface area contributed by atoms with Gasteiger partial charge in [0, 0.05) is 6.54 Å². The number of hydrogen-bond donors (Lipinski definition) is 2. The van der Waals surface area contributed by atoms with E-state index in [1.54, 1.807) is 7.11 Å². The second-order valence-corrected chi connectivity index (χ2v) is 6.20. The molecule has 5 nitrogen and oxygen atoms in total. The summed E-state index contributed by atoms with van der Waals surface area (Å²) in [7, 11) is 1.59. The average Bonchev–Trinajstić information content (AvgIpc) is 2.60. The molecule has 0 saturated heterocycles. The molecule has 0 saturated carbocycles. The summed E-state index contributed by atoms with van der Waals surface area (Å²) in [5, 5.41) is 12.3. The van der Waals surface area contributed by atoms with E-state index in [4.69, 9.17) is 9.47 Å². The number of carboxylic acid groups (broad SMARTS) is 1. The minimum atomic E-state index is -0.843. The number of methoxy groups -OCH3 is 1. The van der Waals surface area contributed by atoms with Gasteiger partial charge in [0.2, 0.25) is 0 Å². The van der Waals surface area contributed by atoms with Gasteiger partial charge in [-0.05, 0) is 29.2 Å². The van der Waals surface area contributed by atoms with Crippen LogP contribution in [0.15, 0.2) is 48.5 Å². The lowest BCUT2D eigenvalue weighted by molar-refractivity contribution is -0.140. The van der Waals surface area contributed by atoms with E-state index in [9.17, 15) is 9.90 Å². The van der Waals surface area contributed by atoms with Crippen molar-refractivity contribution >= 4 is 5.97 Å². The number of nitrogens with one attached hydrogen (secondary N) is 1. The maximum Gasteiger partial charge on any atom is 0.320 e. The molecule has 0 bridgehead atoms. The van der Waals surface area contributed by atoms with E-state index in [2.05, 4.69) is 5.32 Å². The van der Waals surface area contributed by atoms with E-state index in [1.165, 1.54) is 0 Å². The molecule has 1 atom stereocenters. The number of carboxylic acids is 1. The molecular weight excluding hydrogens is 318 g/mol. The molecule has 2 rings (SSSR count). The molecule has 0 radical (unpaired) electrons. The monoisotopic (exact) mass is 343 g/mol. The molecule has 2 N–H and O–H groups in total. The second-order valence-electron chi connectivity index (χ2n) is 6.20. The smallest absolute Gasteiger partial charge is 0.320 e. The molecule has 0 spiro atoms. The van der Waals surface area contributed by atoms with Crippen LogP contribution >= 0.6 is 0 Å². The Morgan fingerprint density at radius 1 is 1.08 bits per heavy atom. The van der Waals surface area contributed by atoms with Crippen molar-refractivity contribution in [1.82, 2.24) is 5.32 Å². The minimum Gasteiger partial charge on any atom is -0.493 e. The zero-order valence-corrected chi connectivity index (χ0v) is 14.9. The lowest BCUT2D eigenvalue weighted by atomic mass is 10.0. The number of benzene rings is 2. The predicted molar refractivity (Wildman–Crippen MR) is 96.9 cm³/mol. The largest absolute Gasteiger partial charge is 0.493 e. The van der Waals surface area contributed by atoms with Crippen LogP contribution in [0.5, 0.6) is 11.5 Å². The van der Waals surface area contributed by atoms with Crippen LogP contribution in [0.4, 0.5) is 0 Å². The first-order valence-corrected chi connectivity index (χ1v) is 8.31. The van der Waals surface area contributed by atoms with E-state index in [0.717, 1.165) is 11.1 Å². The molecule has 2 aromatic rings. The minimum absolute atomic E-state index is 0.00729. The highest BCUT2D eigenvalue weighted by atomic mass is 16.5. The highest BCUT2D eigenvalue weighted by Gasteiger charge is 2.20. The van der Waals surface area contributed by atoms with Gasteiger partial charge in [0.05, 0.1) is 7.11 Å². The van der Waals surface area contributed by atoms with Gasteiger partial charge >= 0.3 is 5.97 Å². The quantitative estimate of drug-likeness (QED) is 0.730. The SMILES string of the molecule is COc1cc(CN[C@H](C(=O)O)C(C)C)ccc1OCc1ccccc1. The molecule has 134 valence electrons. The molecule has 0 aliphatic carbocycles. The van der Waals surface area contributed by atoms with Crippen LogP contribution in [0.1, 0.15) is 25.0 Å². The third-order valence-electron chi connectivity index (χ3n) is 3.92. The normalized spacial score (nSPS) is 12.0. The Labute approximate surface area is 148 Å². The molecule has 0 aliphatic rings. The fourth-order valence-electron chi connectivity index (χ4n) is 2.51. The molecule has 0 unspecified atom stereocenters. The van der Waals surface area contributed by atoms with E-state index < -0.39 is 12.0 Å². The summed E-state index contributed by atoms with van der Waals surface area (Å²) in [5.41, 5.74) is 2.02. The van der Waals surface area contributed by atoms with Crippen molar-refractivity contribution in [3.8, 4) is 11.5 Å². The fourth-order valence-corrected chi connectivity index (χ4v) is 2.51. The summed E-state index contributed by atoms with van der Waals surface area (Å²) in [6.45, 7) is 4.67. The zero-order valence-electron chi connectivity index (χ0n) is 14.9. The third kappa shape index (κ3) is 5.50.